The van der Waals surface area contributed by atoms with Crippen molar-refractivity contribution in [1.29, 1.82) is 0 Å². The number of aryl methyl sites for hydroxylation is 1. The predicted molar refractivity (Wildman–Crippen MR) is 112 cm³/mol. The van der Waals surface area contributed by atoms with Crippen LogP contribution in [0.15, 0.2) is 60.7 Å². The summed E-state index contributed by atoms with van der Waals surface area (Å²) in [7, 11) is 0. The Morgan fingerprint density at radius 3 is 2.57 bits per heavy atom. The van der Waals surface area contributed by atoms with Crippen molar-refractivity contribution in [2.24, 2.45) is 0 Å². The van der Waals surface area contributed by atoms with Gasteiger partial charge < -0.3 is 9.80 Å². The summed E-state index contributed by atoms with van der Waals surface area (Å²) in [4.78, 5) is 17.0. The highest BCUT2D eigenvalue weighted by molar-refractivity contribution is 5.79. The summed E-state index contributed by atoms with van der Waals surface area (Å²) in [5, 5.41) is 7.64. The molecule has 1 aliphatic rings. The molecule has 0 spiro atoms. The first-order valence-corrected chi connectivity index (χ1v) is 9.88. The molecule has 4 rings (SSSR count). The Morgan fingerprint density at radius 2 is 1.79 bits per heavy atom. The Balaban J connectivity index is 1.38. The summed E-state index contributed by atoms with van der Waals surface area (Å²) in [5.74, 6) is 1.16. The van der Waals surface area contributed by atoms with Crippen LogP contribution in [0.1, 0.15) is 17.5 Å². The number of carbonyl (C=O) groups is 1. The molecule has 2 aromatic carbocycles. The van der Waals surface area contributed by atoms with Crippen LogP contribution in [0.25, 0.3) is 11.3 Å². The van der Waals surface area contributed by atoms with Crippen LogP contribution in [-0.4, -0.2) is 47.2 Å². The van der Waals surface area contributed by atoms with E-state index >= 15 is 0 Å². The SMILES string of the molecule is Cc1ccc(CC(=O)N2CCCN(c3cc(-c4ccccc4)[nH]n3)CC2)cc1. The van der Waals surface area contributed by atoms with Crippen molar-refractivity contribution in [2.75, 3.05) is 31.1 Å². The number of rotatable bonds is 4. The van der Waals surface area contributed by atoms with E-state index in [0.29, 0.717) is 6.42 Å². The molecule has 5 nitrogen and oxygen atoms in total. The van der Waals surface area contributed by atoms with Gasteiger partial charge in [0.2, 0.25) is 5.91 Å². The minimum absolute atomic E-state index is 0.206. The van der Waals surface area contributed by atoms with Gasteiger partial charge in [-0.05, 0) is 24.5 Å². The zero-order valence-corrected chi connectivity index (χ0v) is 16.3. The van der Waals surface area contributed by atoms with Gasteiger partial charge in [-0.15, -0.1) is 0 Å². The number of carbonyl (C=O) groups excluding carboxylic acids is 1. The Morgan fingerprint density at radius 1 is 1.00 bits per heavy atom. The first kappa shape index (κ1) is 18.3. The average molecular weight is 374 g/mol. The molecule has 1 N–H and O–H groups in total. The van der Waals surface area contributed by atoms with Crippen LogP contribution < -0.4 is 4.90 Å². The summed E-state index contributed by atoms with van der Waals surface area (Å²) in [6, 6.07) is 20.5. The average Bonchev–Trinajstić information content (AvgIpc) is 3.08. The van der Waals surface area contributed by atoms with Gasteiger partial charge in [-0.1, -0.05) is 60.2 Å². The predicted octanol–water partition coefficient (Wildman–Crippen LogP) is 3.67. The minimum Gasteiger partial charge on any atom is -0.353 e. The lowest BCUT2D eigenvalue weighted by Gasteiger charge is -2.22. The van der Waals surface area contributed by atoms with E-state index in [9.17, 15) is 4.79 Å². The Labute approximate surface area is 166 Å². The van der Waals surface area contributed by atoms with E-state index in [2.05, 4.69) is 52.4 Å². The third-order valence-corrected chi connectivity index (χ3v) is 5.30. The monoisotopic (exact) mass is 374 g/mol. The van der Waals surface area contributed by atoms with Gasteiger partial charge in [0.05, 0.1) is 12.1 Å². The van der Waals surface area contributed by atoms with Crippen LogP contribution in [-0.2, 0) is 11.2 Å². The fraction of sp³-hybridized carbons (Fsp3) is 0.304. The lowest BCUT2D eigenvalue weighted by atomic mass is 10.1. The number of benzene rings is 2. The Kier molecular flexibility index (Phi) is 5.42. The highest BCUT2D eigenvalue weighted by Crippen LogP contribution is 2.22. The number of aromatic amines is 1. The molecule has 1 amide bonds. The van der Waals surface area contributed by atoms with Crippen molar-refractivity contribution in [3.63, 3.8) is 0 Å². The summed E-state index contributed by atoms with van der Waals surface area (Å²) >= 11 is 0. The largest absolute Gasteiger partial charge is 0.353 e. The maximum absolute atomic E-state index is 12.7. The van der Waals surface area contributed by atoms with Gasteiger partial charge in [0, 0.05) is 32.2 Å². The number of amides is 1. The molecule has 5 heteroatoms. The Hall–Kier alpha value is -3.08. The molecule has 1 fully saturated rings. The summed E-state index contributed by atoms with van der Waals surface area (Å²) < 4.78 is 0. The minimum atomic E-state index is 0.206. The van der Waals surface area contributed by atoms with Crippen LogP contribution in [0.4, 0.5) is 5.82 Å². The fourth-order valence-electron chi connectivity index (χ4n) is 3.63. The molecule has 2 heterocycles. The molecular formula is C23H26N4O. The molecule has 0 aliphatic carbocycles. The van der Waals surface area contributed by atoms with Crippen molar-refractivity contribution in [3.05, 3.63) is 71.8 Å². The van der Waals surface area contributed by atoms with Crippen LogP contribution >= 0.6 is 0 Å². The lowest BCUT2D eigenvalue weighted by Crippen LogP contribution is -2.36. The third kappa shape index (κ3) is 4.25. The van der Waals surface area contributed by atoms with E-state index in [1.165, 1.54) is 5.56 Å². The summed E-state index contributed by atoms with van der Waals surface area (Å²) in [6.07, 6.45) is 1.42. The van der Waals surface area contributed by atoms with Gasteiger partial charge in [0.25, 0.3) is 0 Å². The third-order valence-electron chi connectivity index (χ3n) is 5.30. The zero-order valence-electron chi connectivity index (χ0n) is 16.3. The second kappa shape index (κ2) is 8.30. The van der Waals surface area contributed by atoms with Crippen molar-refractivity contribution in [2.45, 2.75) is 19.8 Å². The van der Waals surface area contributed by atoms with Crippen molar-refractivity contribution < 1.29 is 4.79 Å². The van der Waals surface area contributed by atoms with Crippen LogP contribution in [0, 0.1) is 6.92 Å². The highest BCUT2D eigenvalue weighted by Gasteiger charge is 2.21. The van der Waals surface area contributed by atoms with Gasteiger partial charge in [-0.3, -0.25) is 9.89 Å². The molecule has 0 atom stereocenters. The van der Waals surface area contributed by atoms with E-state index in [1.54, 1.807) is 0 Å². The van der Waals surface area contributed by atoms with Gasteiger partial charge in [0.1, 0.15) is 0 Å². The number of nitrogens with zero attached hydrogens (tertiary/aromatic N) is 3. The van der Waals surface area contributed by atoms with Crippen LogP contribution in [0.5, 0.6) is 0 Å². The first-order valence-electron chi connectivity index (χ1n) is 9.88. The fourth-order valence-corrected chi connectivity index (χ4v) is 3.63. The number of hydrogen-bond donors (Lipinski definition) is 1. The molecular weight excluding hydrogens is 348 g/mol. The second-order valence-corrected chi connectivity index (χ2v) is 7.39. The molecule has 3 aromatic rings. The van der Waals surface area contributed by atoms with Gasteiger partial charge in [-0.25, -0.2) is 0 Å². The van der Waals surface area contributed by atoms with Crippen LogP contribution in [0.3, 0.4) is 0 Å². The van der Waals surface area contributed by atoms with Crippen molar-refractivity contribution in [1.82, 2.24) is 15.1 Å². The maximum atomic E-state index is 12.7. The topological polar surface area (TPSA) is 52.2 Å². The number of hydrogen-bond acceptors (Lipinski definition) is 3. The van der Waals surface area contributed by atoms with Gasteiger partial charge in [0.15, 0.2) is 5.82 Å². The molecule has 144 valence electrons. The molecule has 0 unspecified atom stereocenters. The van der Waals surface area contributed by atoms with Gasteiger partial charge >= 0.3 is 0 Å². The standard InChI is InChI=1S/C23H26N4O/c1-18-8-10-19(11-9-18)16-23(28)27-13-5-12-26(14-15-27)22-17-21(24-25-22)20-6-3-2-4-7-20/h2-4,6-11,17H,5,12-16H2,1H3,(H,24,25). The quantitative estimate of drug-likeness (QED) is 0.758. The van der Waals surface area contributed by atoms with Gasteiger partial charge in [-0.2, -0.15) is 5.10 Å². The summed E-state index contributed by atoms with van der Waals surface area (Å²) in [6.45, 7) is 5.31. The van der Waals surface area contributed by atoms with E-state index in [-0.39, 0.29) is 5.91 Å². The van der Waals surface area contributed by atoms with Crippen molar-refractivity contribution >= 4 is 11.7 Å². The van der Waals surface area contributed by atoms with E-state index in [0.717, 1.165) is 55.2 Å². The first-order chi connectivity index (χ1) is 13.7. The van der Waals surface area contributed by atoms with Crippen molar-refractivity contribution in [3.8, 4) is 11.3 Å². The molecule has 0 saturated carbocycles. The molecule has 1 aliphatic heterocycles. The number of nitrogens with one attached hydrogen (secondary N) is 1. The maximum Gasteiger partial charge on any atom is 0.227 e. The number of aromatic nitrogens is 2. The van der Waals surface area contributed by atoms with Crippen LogP contribution in [0.2, 0.25) is 0 Å². The molecule has 1 aromatic heterocycles. The molecule has 1 saturated heterocycles. The molecule has 0 bridgehead atoms. The lowest BCUT2D eigenvalue weighted by molar-refractivity contribution is -0.130. The second-order valence-electron chi connectivity index (χ2n) is 7.39. The normalized spacial score (nSPS) is 14.8. The Bertz CT molecular complexity index is 917. The number of anilines is 1. The van der Waals surface area contributed by atoms with E-state index < -0.39 is 0 Å². The number of H-pyrrole nitrogens is 1. The molecule has 0 radical (unpaired) electrons. The zero-order chi connectivity index (χ0) is 19.3. The highest BCUT2D eigenvalue weighted by atomic mass is 16.2. The summed E-state index contributed by atoms with van der Waals surface area (Å²) in [5.41, 5.74) is 4.45. The molecule has 28 heavy (non-hydrogen) atoms. The van der Waals surface area contributed by atoms with E-state index in [4.69, 9.17) is 0 Å². The van der Waals surface area contributed by atoms with E-state index in [1.807, 2.05) is 35.2 Å². The smallest absolute Gasteiger partial charge is 0.227 e.